The largest absolute Gasteiger partial charge is 0.494 e. The molecule has 0 saturated carbocycles. The summed E-state index contributed by atoms with van der Waals surface area (Å²) in [5, 5.41) is 0. The van der Waals surface area contributed by atoms with Crippen molar-refractivity contribution in [2.24, 2.45) is 11.8 Å². The number of nitrogens with one attached hydrogen (secondary N) is 1. The summed E-state index contributed by atoms with van der Waals surface area (Å²) >= 11 is 0. The molecule has 1 aromatic rings. The molecule has 100 valence electrons. The zero-order valence-electron chi connectivity index (χ0n) is 10.9. The fourth-order valence-corrected chi connectivity index (χ4v) is 2.49. The van der Waals surface area contributed by atoms with Gasteiger partial charge in [0.25, 0.3) is 0 Å². The van der Waals surface area contributed by atoms with Gasteiger partial charge in [-0.25, -0.2) is 0 Å². The average Bonchev–Trinajstić information content (AvgIpc) is 2.43. The topological polar surface area (TPSA) is 56.5 Å². The maximum absolute atomic E-state index is 5.71. The van der Waals surface area contributed by atoms with Crippen LogP contribution in [-0.2, 0) is 4.74 Å². The summed E-state index contributed by atoms with van der Waals surface area (Å²) in [6.07, 6.45) is 2.12. The molecule has 1 fully saturated rings. The fraction of sp³-hybridized carbons (Fsp3) is 0.571. The highest BCUT2D eigenvalue weighted by Gasteiger charge is 2.24. The minimum absolute atomic E-state index is 0.199. The molecule has 1 saturated heterocycles. The predicted octanol–water partition coefficient (Wildman–Crippen LogP) is 2.02. The molecule has 0 aliphatic carbocycles. The quantitative estimate of drug-likeness (QED) is 0.620. The van der Waals surface area contributed by atoms with Gasteiger partial charge in [0.1, 0.15) is 5.75 Å². The zero-order chi connectivity index (χ0) is 12.8. The van der Waals surface area contributed by atoms with E-state index in [0.717, 1.165) is 31.8 Å². The van der Waals surface area contributed by atoms with Gasteiger partial charge in [-0.15, -0.1) is 0 Å². The first kappa shape index (κ1) is 13.3. The highest BCUT2D eigenvalue weighted by molar-refractivity contribution is 5.29. The molecule has 1 aromatic carbocycles. The Morgan fingerprint density at radius 1 is 1.33 bits per heavy atom. The molecule has 1 atom stereocenters. The molecule has 0 aromatic heterocycles. The van der Waals surface area contributed by atoms with E-state index in [2.05, 4.69) is 17.6 Å². The van der Waals surface area contributed by atoms with Crippen LogP contribution in [0.15, 0.2) is 24.3 Å². The van der Waals surface area contributed by atoms with Crippen LogP contribution in [-0.4, -0.2) is 19.8 Å². The molecule has 1 aliphatic heterocycles. The first-order valence-corrected chi connectivity index (χ1v) is 6.61. The summed E-state index contributed by atoms with van der Waals surface area (Å²) in [6.45, 7) is 4.35. The third-order valence-corrected chi connectivity index (χ3v) is 3.47. The van der Waals surface area contributed by atoms with Gasteiger partial charge in [0.05, 0.1) is 6.61 Å². The molecule has 2 rings (SSSR count). The van der Waals surface area contributed by atoms with Crippen LogP contribution in [0.3, 0.4) is 0 Å². The van der Waals surface area contributed by atoms with Crippen LogP contribution in [0.2, 0.25) is 0 Å². The van der Waals surface area contributed by atoms with Crippen molar-refractivity contribution in [2.45, 2.75) is 25.8 Å². The van der Waals surface area contributed by atoms with E-state index in [0.29, 0.717) is 12.5 Å². The Labute approximate surface area is 108 Å². The number of hydrogen-bond donors (Lipinski definition) is 2. The number of benzene rings is 1. The molecule has 4 heteroatoms. The number of nitrogens with two attached hydrogens (primary N) is 1. The number of hydrogen-bond acceptors (Lipinski definition) is 4. The van der Waals surface area contributed by atoms with E-state index >= 15 is 0 Å². The summed E-state index contributed by atoms with van der Waals surface area (Å²) in [4.78, 5) is 0. The Morgan fingerprint density at radius 3 is 2.56 bits per heavy atom. The van der Waals surface area contributed by atoms with Gasteiger partial charge in [0.2, 0.25) is 0 Å². The van der Waals surface area contributed by atoms with Gasteiger partial charge in [-0.1, -0.05) is 12.1 Å². The van der Waals surface area contributed by atoms with Gasteiger partial charge in [0, 0.05) is 19.3 Å². The van der Waals surface area contributed by atoms with Crippen molar-refractivity contribution < 1.29 is 9.47 Å². The second kappa shape index (κ2) is 6.73. The third kappa shape index (κ3) is 3.22. The summed E-state index contributed by atoms with van der Waals surface area (Å²) in [5.74, 6) is 7.16. The maximum atomic E-state index is 5.71. The maximum Gasteiger partial charge on any atom is 0.119 e. The van der Waals surface area contributed by atoms with Crippen molar-refractivity contribution in [1.82, 2.24) is 5.43 Å². The first-order valence-electron chi connectivity index (χ1n) is 6.61. The third-order valence-electron chi connectivity index (χ3n) is 3.47. The second-order valence-electron chi connectivity index (χ2n) is 4.60. The van der Waals surface area contributed by atoms with E-state index in [1.54, 1.807) is 0 Å². The van der Waals surface area contributed by atoms with Gasteiger partial charge < -0.3 is 9.47 Å². The van der Waals surface area contributed by atoms with Crippen LogP contribution in [0.4, 0.5) is 0 Å². The van der Waals surface area contributed by atoms with E-state index in [9.17, 15) is 0 Å². The van der Waals surface area contributed by atoms with Crippen molar-refractivity contribution >= 4 is 0 Å². The molecule has 0 bridgehead atoms. The van der Waals surface area contributed by atoms with E-state index in [4.69, 9.17) is 15.3 Å². The number of ether oxygens (including phenoxy) is 2. The van der Waals surface area contributed by atoms with E-state index in [1.165, 1.54) is 5.56 Å². The molecule has 0 spiro atoms. The van der Waals surface area contributed by atoms with Crippen LogP contribution in [0.1, 0.15) is 31.4 Å². The monoisotopic (exact) mass is 250 g/mol. The Balaban J connectivity index is 2.06. The van der Waals surface area contributed by atoms with Crippen LogP contribution < -0.4 is 16.0 Å². The lowest BCUT2D eigenvalue weighted by Crippen LogP contribution is -2.36. The predicted molar refractivity (Wildman–Crippen MR) is 71.2 cm³/mol. The average molecular weight is 250 g/mol. The lowest BCUT2D eigenvalue weighted by Gasteiger charge is -2.30. The van der Waals surface area contributed by atoms with Crippen LogP contribution in [0, 0.1) is 5.92 Å². The normalized spacial score (nSPS) is 18.6. The van der Waals surface area contributed by atoms with Gasteiger partial charge in [-0.05, 0) is 43.4 Å². The lowest BCUT2D eigenvalue weighted by molar-refractivity contribution is 0.0536. The SMILES string of the molecule is CCOc1ccc(C(NN)C2CCOCC2)cc1. The Hall–Kier alpha value is -1.10. The standard InChI is InChI=1S/C14H22N2O2/c1-2-18-13-5-3-11(4-6-13)14(16-15)12-7-9-17-10-8-12/h3-6,12,14,16H,2,7-10,15H2,1H3. The van der Waals surface area contributed by atoms with Gasteiger partial charge >= 0.3 is 0 Å². The molecule has 3 N–H and O–H groups in total. The Kier molecular flexibility index (Phi) is 4.99. The van der Waals surface area contributed by atoms with E-state index in [1.807, 2.05) is 19.1 Å². The van der Waals surface area contributed by atoms with E-state index in [-0.39, 0.29) is 6.04 Å². The van der Waals surface area contributed by atoms with Crippen molar-refractivity contribution in [3.05, 3.63) is 29.8 Å². The molecule has 0 radical (unpaired) electrons. The Bertz CT molecular complexity index is 347. The van der Waals surface area contributed by atoms with Gasteiger partial charge in [-0.3, -0.25) is 11.3 Å². The number of rotatable bonds is 5. The smallest absolute Gasteiger partial charge is 0.119 e. The van der Waals surface area contributed by atoms with Crippen LogP contribution in [0.5, 0.6) is 5.75 Å². The summed E-state index contributed by atoms with van der Waals surface area (Å²) in [5.41, 5.74) is 4.16. The van der Waals surface area contributed by atoms with Crippen LogP contribution >= 0.6 is 0 Å². The van der Waals surface area contributed by atoms with E-state index < -0.39 is 0 Å². The van der Waals surface area contributed by atoms with Gasteiger partial charge in [0.15, 0.2) is 0 Å². The molecule has 18 heavy (non-hydrogen) atoms. The van der Waals surface area contributed by atoms with Gasteiger partial charge in [-0.2, -0.15) is 0 Å². The lowest BCUT2D eigenvalue weighted by atomic mass is 9.87. The fourth-order valence-electron chi connectivity index (χ4n) is 2.49. The minimum atomic E-state index is 0.199. The summed E-state index contributed by atoms with van der Waals surface area (Å²) in [7, 11) is 0. The summed E-state index contributed by atoms with van der Waals surface area (Å²) in [6, 6.07) is 8.38. The molecule has 1 unspecified atom stereocenters. The number of hydrazine groups is 1. The highest BCUT2D eigenvalue weighted by Crippen LogP contribution is 2.30. The molecular weight excluding hydrogens is 228 g/mol. The van der Waals surface area contributed by atoms with Crippen LogP contribution in [0.25, 0.3) is 0 Å². The zero-order valence-corrected chi connectivity index (χ0v) is 10.9. The van der Waals surface area contributed by atoms with Crippen molar-refractivity contribution in [3.8, 4) is 5.75 Å². The Morgan fingerprint density at radius 2 is 2.00 bits per heavy atom. The molecule has 1 heterocycles. The van der Waals surface area contributed by atoms with Crippen molar-refractivity contribution in [3.63, 3.8) is 0 Å². The summed E-state index contributed by atoms with van der Waals surface area (Å²) < 4.78 is 10.8. The highest BCUT2D eigenvalue weighted by atomic mass is 16.5. The molecule has 1 aliphatic rings. The first-order chi connectivity index (χ1) is 8.85. The molecular formula is C14H22N2O2. The molecule has 4 nitrogen and oxygen atoms in total. The van der Waals surface area contributed by atoms with Crippen molar-refractivity contribution in [2.75, 3.05) is 19.8 Å². The minimum Gasteiger partial charge on any atom is -0.494 e. The second-order valence-corrected chi connectivity index (χ2v) is 4.60. The van der Waals surface area contributed by atoms with Crippen molar-refractivity contribution in [1.29, 1.82) is 0 Å². The molecule has 0 amide bonds.